The van der Waals surface area contributed by atoms with E-state index in [0.29, 0.717) is 66.0 Å². The van der Waals surface area contributed by atoms with Gasteiger partial charge in [-0.15, -0.1) is 5.53 Å². The number of pyridine rings is 1. The molecule has 2 bridgehead atoms. The number of hydrogen-bond donors (Lipinski definition) is 3. The Bertz CT molecular complexity index is 1630. The molecule has 3 aliphatic heterocycles. The molecule has 0 radical (unpaired) electrons. The van der Waals surface area contributed by atoms with E-state index in [2.05, 4.69) is 26.5 Å². The van der Waals surface area contributed by atoms with Crippen molar-refractivity contribution in [2.45, 2.75) is 38.6 Å². The van der Waals surface area contributed by atoms with Crippen molar-refractivity contribution in [2.24, 2.45) is 11.0 Å². The van der Waals surface area contributed by atoms with Crippen molar-refractivity contribution in [3.63, 3.8) is 0 Å². The highest BCUT2D eigenvalue weighted by molar-refractivity contribution is 6.31. The SMILES string of the molecule is C[C@@H]1CCC[C@H](N2CCC(c3c(N4C=NNN4)ccc(Cl)c3F)=CC2=O)c2cc(ccn2)-c2cc(F)ccc2NC1=O. The van der Waals surface area contributed by atoms with Gasteiger partial charge in [0.05, 0.1) is 22.4 Å². The average Bonchev–Trinajstić information content (AvgIpc) is 3.52. The largest absolute Gasteiger partial charge is 0.330 e. The number of aromatic nitrogens is 1. The lowest BCUT2D eigenvalue weighted by Gasteiger charge is -2.35. The number of fused-ring (bicyclic) bond motifs is 4. The molecule has 42 heavy (non-hydrogen) atoms. The number of carbonyl (C=O) groups excluding carboxylic acids is 2. The second-order valence-corrected chi connectivity index (χ2v) is 10.9. The molecule has 12 heteroatoms. The van der Waals surface area contributed by atoms with Gasteiger partial charge in [-0.25, -0.2) is 19.3 Å². The molecule has 3 aromatic rings. The molecule has 0 spiro atoms. The third kappa shape index (κ3) is 5.33. The van der Waals surface area contributed by atoms with E-state index in [-0.39, 0.29) is 28.3 Å². The maximum Gasteiger partial charge on any atom is 0.247 e. The Kier molecular flexibility index (Phi) is 7.61. The first-order valence-electron chi connectivity index (χ1n) is 13.7. The van der Waals surface area contributed by atoms with Crippen LogP contribution in [-0.2, 0) is 9.59 Å². The first-order chi connectivity index (χ1) is 20.3. The van der Waals surface area contributed by atoms with Crippen LogP contribution in [0.5, 0.6) is 0 Å². The van der Waals surface area contributed by atoms with E-state index in [1.165, 1.54) is 35.6 Å². The van der Waals surface area contributed by atoms with E-state index in [1.807, 2.05) is 13.0 Å². The molecule has 3 N–H and O–H groups in total. The van der Waals surface area contributed by atoms with E-state index in [0.717, 1.165) is 0 Å². The number of amides is 2. The Morgan fingerprint density at radius 3 is 2.71 bits per heavy atom. The summed E-state index contributed by atoms with van der Waals surface area (Å²) in [5.74, 6) is -1.78. The van der Waals surface area contributed by atoms with Gasteiger partial charge in [0.1, 0.15) is 12.2 Å². The first kappa shape index (κ1) is 27.8. The smallest absolute Gasteiger partial charge is 0.247 e. The predicted octanol–water partition coefficient (Wildman–Crippen LogP) is 5.57. The van der Waals surface area contributed by atoms with Gasteiger partial charge in [-0.05, 0) is 72.9 Å². The Balaban J connectivity index is 1.37. The molecule has 0 fully saturated rings. The fourth-order valence-electron chi connectivity index (χ4n) is 5.66. The van der Waals surface area contributed by atoms with Crippen LogP contribution in [0.25, 0.3) is 16.7 Å². The lowest BCUT2D eigenvalue weighted by atomic mass is 9.92. The molecular weight excluding hydrogens is 564 g/mol. The summed E-state index contributed by atoms with van der Waals surface area (Å²) in [6.45, 7) is 2.16. The van der Waals surface area contributed by atoms with Crippen LogP contribution in [0.4, 0.5) is 20.2 Å². The van der Waals surface area contributed by atoms with Crippen LogP contribution < -0.4 is 21.4 Å². The van der Waals surface area contributed by atoms with Crippen LogP contribution >= 0.6 is 11.6 Å². The highest BCUT2D eigenvalue weighted by Crippen LogP contribution is 2.39. The second kappa shape index (κ2) is 11.5. The van der Waals surface area contributed by atoms with Crippen molar-refractivity contribution < 1.29 is 18.4 Å². The number of hydrazine groups is 2. The van der Waals surface area contributed by atoms with Crippen LogP contribution in [0.2, 0.25) is 5.02 Å². The van der Waals surface area contributed by atoms with Crippen molar-refractivity contribution >= 4 is 46.7 Å². The predicted molar refractivity (Wildman–Crippen MR) is 157 cm³/mol. The molecule has 4 heterocycles. The summed E-state index contributed by atoms with van der Waals surface area (Å²) in [7, 11) is 0. The number of halogens is 3. The molecule has 2 atom stereocenters. The number of benzene rings is 2. The van der Waals surface area contributed by atoms with Gasteiger partial charge >= 0.3 is 0 Å². The molecule has 9 nitrogen and oxygen atoms in total. The van der Waals surface area contributed by atoms with E-state index in [9.17, 15) is 14.0 Å². The molecule has 0 saturated carbocycles. The molecule has 0 aliphatic carbocycles. The Labute approximate surface area is 246 Å². The molecule has 1 aromatic heterocycles. The van der Waals surface area contributed by atoms with E-state index in [4.69, 9.17) is 11.6 Å². The Morgan fingerprint density at radius 1 is 1.07 bits per heavy atom. The van der Waals surface area contributed by atoms with Crippen LogP contribution in [0.3, 0.4) is 0 Å². The molecule has 2 amide bonds. The van der Waals surface area contributed by atoms with Gasteiger partial charge in [0, 0.05) is 41.5 Å². The Hall–Kier alpha value is -4.35. The fourth-order valence-corrected chi connectivity index (χ4v) is 5.82. The maximum absolute atomic E-state index is 15.4. The molecule has 2 aromatic carbocycles. The van der Waals surface area contributed by atoms with Crippen molar-refractivity contribution in [1.82, 2.24) is 21.0 Å². The molecule has 0 saturated heterocycles. The quantitative estimate of drug-likeness (QED) is 0.368. The number of nitrogens with one attached hydrogen (secondary N) is 3. The topological polar surface area (TPSA) is 102 Å². The summed E-state index contributed by atoms with van der Waals surface area (Å²) >= 11 is 6.15. The van der Waals surface area contributed by atoms with Gasteiger partial charge < -0.3 is 10.2 Å². The van der Waals surface area contributed by atoms with Gasteiger partial charge in [-0.2, -0.15) is 5.10 Å². The Morgan fingerprint density at radius 2 is 1.93 bits per heavy atom. The summed E-state index contributed by atoms with van der Waals surface area (Å²) < 4.78 is 29.7. The fraction of sp³-hybridized carbons (Fsp3) is 0.267. The minimum absolute atomic E-state index is 0.0520. The summed E-state index contributed by atoms with van der Waals surface area (Å²) in [5, 5.41) is 8.29. The molecule has 0 unspecified atom stereocenters. The number of hydrogen-bond acceptors (Lipinski definition) is 7. The third-order valence-corrected chi connectivity index (χ3v) is 8.17. The van der Waals surface area contributed by atoms with Gasteiger partial charge in [-0.3, -0.25) is 14.6 Å². The van der Waals surface area contributed by atoms with Crippen molar-refractivity contribution in [3.8, 4) is 11.1 Å². The zero-order valence-electron chi connectivity index (χ0n) is 22.7. The van der Waals surface area contributed by atoms with Crippen LogP contribution in [0.1, 0.15) is 49.9 Å². The normalized spacial score (nSPS) is 20.7. The second-order valence-electron chi connectivity index (χ2n) is 10.5. The molecular formula is C30H28ClF2N7O2. The molecule has 216 valence electrons. The standard InChI is InChI=1S/C30H28ClF2N7O2/c1-17-3-2-4-25(24-13-18(9-11-34-24)21-15-20(32)5-7-23(21)36-30(17)42)39-12-10-19(14-27(39)41)28-26(40-16-35-37-38-40)8-6-22(31)29(28)33/h5-9,11,13-17,25,37-38H,2-4,10,12H2,1H3,(H,36,42)/t17-,25+/m1/s1. The highest BCUT2D eigenvalue weighted by atomic mass is 35.5. The lowest BCUT2D eigenvalue weighted by molar-refractivity contribution is -0.129. The third-order valence-electron chi connectivity index (χ3n) is 7.88. The van der Waals surface area contributed by atoms with E-state index < -0.39 is 17.7 Å². The number of hydrazone groups is 1. The van der Waals surface area contributed by atoms with Crippen molar-refractivity contribution in [2.75, 3.05) is 16.9 Å². The van der Waals surface area contributed by atoms with Gasteiger partial charge in [0.25, 0.3) is 0 Å². The summed E-state index contributed by atoms with van der Waals surface area (Å²) in [6.07, 6.45) is 6.73. The number of carbonyl (C=O) groups is 2. The average molecular weight is 592 g/mol. The van der Waals surface area contributed by atoms with Crippen molar-refractivity contribution in [1.29, 1.82) is 0 Å². The van der Waals surface area contributed by atoms with Gasteiger partial charge in [0.15, 0.2) is 5.82 Å². The highest BCUT2D eigenvalue weighted by Gasteiger charge is 2.32. The number of anilines is 2. The zero-order valence-corrected chi connectivity index (χ0v) is 23.5. The summed E-state index contributed by atoms with van der Waals surface area (Å²) in [4.78, 5) is 33.0. The zero-order chi connectivity index (χ0) is 29.4. The molecule has 3 aliphatic rings. The van der Waals surface area contributed by atoms with Crippen molar-refractivity contribution in [3.05, 3.63) is 82.7 Å². The van der Waals surface area contributed by atoms with Gasteiger partial charge in [-0.1, -0.05) is 24.9 Å². The van der Waals surface area contributed by atoms with Crippen LogP contribution in [0, 0.1) is 17.6 Å². The minimum Gasteiger partial charge on any atom is -0.330 e. The molecule has 6 rings (SSSR count). The lowest BCUT2D eigenvalue weighted by Crippen LogP contribution is -2.39. The number of rotatable bonds is 3. The number of nitrogens with zero attached hydrogens (tertiary/aromatic N) is 4. The van der Waals surface area contributed by atoms with Crippen LogP contribution in [-0.4, -0.2) is 34.6 Å². The minimum atomic E-state index is -0.623. The van der Waals surface area contributed by atoms with E-state index >= 15 is 4.39 Å². The van der Waals surface area contributed by atoms with Crippen LogP contribution in [0.15, 0.2) is 59.8 Å². The first-order valence-corrected chi connectivity index (χ1v) is 14.1. The maximum atomic E-state index is 15.4. The summed E-state index contributed by atoms with van der Waals surface area (Å²) in [5.41, 5.74) is 8.94. The van der Waals surface area contributed by atoms with E-state index in [1.54, 1.807) is 29.3 Å². The summed E-state index contributed by atoms with van der Waals surface area (Å²) in [6, 6.07) is 10.6. The van der Waals surface area contributed by atoms with Gasteiger partial charge in [0.2, 0.25) is 11.8 Å². The monoisotopic (exact) mass is 591 g/mol.